The van der Waals surface area contributed by atoms with Gasteiger partial charge in [0.25, 0.3) is 0 Å². The van der Waals surface area contributed by atoms with E-state index in [1.165, 1.54) is 13.3 Å². The van der Waals surface area contributed by atoms with Gasteiger partial charge in [0, 0.05) is 20.0 Å². The van der Waals surface area contributed by atoms with E-state index in [0.717, 1.165) is 25.9 Å². The molecule has 86 valence electrons. The van der Waals surface area contributed by atoms with E-state index in [1.54, 1.807) is 0 Å². The number of likely N-dealkylation sites (tertiary alicyclic amines) is 1. The van der Waals surface area contributed by atoms with E-state index in [2.05, 4.69) is 5.32 Å². The Balaban J connectivity index is 2.50. The summed E-state index contributed by atoms with van der Waals surface area (Å²) in [5, 5.41) is 2.70. The number of rotatable bonds is 3. The molecule has 15 heavy (non-hydrogen) atoms. The van der Waals surface area contributed by atoms with E-state index in [0.29, 0.717) is 6.42 Å². The van der Waals surface area contributed by atoms with Gasteiger partial charge in [0.2, 0.25) is 11.8 Å². The zero-order valence-electron chi connectivity index (χ0n) is 9.58. The fraction of sp³-hybridized carbons (Fsp3) is 0.818. The second kappa shape index (κ2) is 5.73. The van der Waals surface area contributed by atoms with Gasteiger partial charge in [-0.25, -0.2) is 0 Å². The third-order valence-electron chi connectivity index (χ3n) is 2.75. The topological polar surface area (TPSA) is 49.4 Å². The molecule has 4 heteroatoms. The maximum Gasteiger partial charge on any atom is 0.245 e. The Morgan fingerprint density at radius 2 is 1.87 bits per heavy atom. The van der Waals surface area contributed by atoms with Crippen molar-refractivity contribution in [2.24, 2.45) is 0 Å². The number of piperidine rings is 1. The van der Waals surface area contributed by atoms with Crippen molar-refractivity contribution in [2.75, 3.05) is 13.1 Å². The van der Waals surface area contributed by atoms with Crippen molar-refractivity contribution >= 4 is 11.8 Å². The summed E-state index contributed by atoms with van der Waals surface area (Å²) in [7, 11) is 0. The van der Waals surface area contributed by atoms with Gasteiger partial charge in [0.05, 0.1) is 0 Å². The van der Waals surface area contributed by atoms with Crippen LogP contribution in [0.2, 0.25) is 0 Å². The van der Waals surface area contributed by atoms with Crippen LogP contribution < -0.4 is 5.32 Å². The van der Waals surface area contributed by atoms with Crippen molar-refractivity contribution in [2.45, 2.75) is 45.6 Å². The molecular formula is C11H20N2O2. The molecule has 0 aliphatic carbocycles. The van der Waals surface area contributed by atoms with Crippen molar-refractivity contribution < 1.29 is 9.59 Å². The van der Waals surface area contributed by atoms with E-state index in [9.17, 15) is 9.59 Å². The summed E-state index contributed by atoms with van der Waals surface area (Å²) >= 11 is 0. The molecule has 0 spiro atoms. The zero-order valence-corrected chi connectivity index (χ0v) is 9.58. The number of nitrogens with zero attached hydrogens (tertiary/aromatic N) is 1. The van der Waals surface area contributed by atoms with Crippen molar-refractivity contribution in [1.82, 2.24) is 10.2 Å². The van der Waals surface area contributed by atoms with Gasteiger partial charge in [-0.05, 0) is 25.7 Å². The molecule has 0 aromatic carbocycles. The van der Waals surface area contributed by atoms with Gasteiger partial charge in [-0.2, -0.15) is 0 Å². The predicted octanol–water partition coefficient (Wildman–Crippen LogP) is 0.914. The summed E-state index contributed by atoms with van der Waals surface area (Å²) < 4.78 is 0. The Labute approximate surface area is 91.0 Å². The third kappa shape index (κ3) is 3.53. The maximum absolute atomic E-state index is 12.0. The molecule has 0 aromatic rings. The van der Waals surface area contributed by atoms with Crippen molar-refractivity contribution in [1.29, 1.82) is 0 Å². The molecule has 0 unspecified atom stereocenters. The summed E-state index contributed by atoms with van der Waals surface area (Å²) in [6.07, 6.45) is 4.04. The average molecular weight is 212 g/mol. The molecule has 4 nitrogen and oxygen atoms in total. The Morgan fingerprint density at radius 3 is 2.33 bits per heavy atom. The number of carbonyl (C=O) groups is 2. The minimum Gasteiger partial charge on any atom is -0.345 e. The molecule has 1 rings (SSSR count). The van der Waals surface area contributed by atoms with Gasteiger partial charge >= 0.3 is 0 Å². The molecule has 1 heterocycles. The van der Waals surface area contributed by atoms with Crippen LogP contribution in [0, 0.1) is 0 Å². The third-order valence-corrected chi connectivity index (χ3v) is 2.75. The van der Waals surface area contributed by atoms with Crippen molar-refractivity contribution in [3.8, 4) is 0 Å². The fourth-order valence-electron chi connectivity index (χ4n) is 1.92. The zero-order chi connectivity index (χ0) is 11.3. The quantitative estimate of drug-likeness (QED) is 0.756. The molecule has 1 N–H and O–H groups in total. The van der Waals surface area contributed by atoms with Gasteiger partial charge in [-0.1, -0.05) is 6.92 Å². The Bertz CT molecular complexity index is 235. The fourth-order valence-corrected chi connectivity index (χ4v) is 1.92. The smallest absolute Gasteiger partial charge is 0.245 e. The number of amides is 2. The first-order chi connectivity index (χ1) is 7.15. The number of nitrogens with one attached hydrogen (secondary N) is 1. The summed E-state index contributed by atoms with van der Waals surface area (Å²) in [5.41, 5.74) is 0. The molecule has 0 aromatic heterocycles. The van der Waals surface area contributed by atoms with Crippen LogP contribution >= 0.6 is 0 Å². The van der Waals surface area contributed by atoms with Crippen LogP contribution in [0.25, 0.3) is 0 Å². The maximum atomic E-state index is 12.0. The van der Waals surface area contributed by atoms with Crippen LogP contribution in [0.5, 0.6) is 0 Å². The van der Waals surface area contributed by atoms with Crippen molar-refractivity contribution in [3.05, 3.63) is 0 Å². The first-order valence-electron chi connectivity index (χ1n) is 5.71. The van der Waals surface area contributed by atoms with E-state index < -0.39 is 0 Å². The Morgan fingerprint density at radius 1 is 1.27 bits per heavy atom. The van der Waals surface area contributed by atoms with Gasteiger partial charge in [0.1, 0.15) is 6.04 Å². The standard InChI is InChI=1S/C11H20N2O2/c1-3-10(12-9(2)14)11(15)13-7-5-4-6-8-13/h10H,3-8H2,1-2H3,(H,12,14)/t10-/m1/s1. The Kier molecular flexibility index (Phi) is 4.59. The molecule has 0 bridgehead atoms. The minimum absolute atomic E-state index is 0.0763. The predicted molar refractivity (Wildman–Crippen MR) is 58.3 cm³/mol. The SMILES string of the molecule is CC[C@@H](NC(C)=O)C(=O)N1CCCCC1. The molecule has 1 aliphatic heterocycles. The second-order valence-electron chi connectivity index (χ2n) is 4.05. The van der Waals surface area contributed by atoms with Gasteiger partial charge in [-0.3, -0.25) is 9.59 Å². The molecule has 1 saturated heterocycles. The first kappa shape index (κ1) is 12.0. The molecular weight excluding hydrogens is 192 g/mol. The van der Waals surface area contributed by atoms with Gasteiger partial charge < -0.3 is 10.2 Å². The summed E-state index contributed by atoms with van der Waals surface area (Å²) in [6.45, 7) is 5.05. The van der Waals surface area contributed by atoms with Gasteiger partial charge in [0.15, 0.2) is 0 Å². The highest BCUT2D eigenvalue weighted by molar-refractivity contribution is 5.86. The summed E-state index contributed by atoms with van der Waals surface area (Å²) in [6, 6.07) is -0.333. The van der Waals surface area contributed by atoms with Crippen LogP contribution in [0.4, 0.5) is 0 Å². The summed E-state index contributed by atoms with van der Waals surface area (Å²) in [5.74, 6) is -0.0559. The molecule has 1 atom stereocenters. The average Bonchev–Trinajstić information content (AvgIpc) is 2.26. The van der Waals surface area contributed by atoms with E-state index in [1.807, 2.05) is 11.8 Å². The van der Waals surface area contributed by atoms with E-state index >= 15 is 0 Å². The molecule has 2 amide bonds. The second-order valence-corrected chi connectivity index (χ2v) is 4.05. The lowest BCUT2D eigenvalue weighted by atomic mass is 10.1. The molecule has 0 saturated carbocycles. The van der Waals surface area contributed by atoms with Gasteiger partial charge in [-0.15, -0.1) is 0 Å². The van der Waals surface area contributed by atoms with Crippen LogP contribution in [-0.4, -0.2) is 35.8 Å². The number of hydrogen-bond donors (Lipinski definition) is 1. The largest absolute Gasteiger partial charge is 0.345 e. The molecule has 0 radical (unpaired) electrons. The van der Waals surface area contributed by atoms with Crippen molar-refractivity contribution in [3.63, 3.8) is 0 Å². The van der Waals surface area contributed by atoms with Crippen LogP contribution in [-0.2, 0) is 9.59 Å². The Hall–Kier alpha value is -1.06. The highest BCUT2D eigenvalue weighted by Gasteiger charge is 2.24. The summed E-state index contributed by atoms with van der Waals surface area (Å²) in [4.78, 5) is 24.8. The van der Waals surface area contributed by atoms with Crippen LogP contribution in [0.1, 0.15) is 39.5 Å². The highest BCUT2D eigenvalue weighted by Crippen LogP contribution is 2.10. The van der Waals surface area contributed by atoms with E-state index in [4.69, 9.17) is 0 Å². The lowest BCUT2D eigenvalue weighted by molar-refractivity contribution is -0.136. The molecule has 1 fully saturated rings. The lowest BCUT2D eigenvalue weighted by Crippen LogP contribution is -2.49. The minimum atomic E-state index is -0.333. The van der Waals surface area contributed by atoms with E-state index in [-0.39, 0.29) is 17.9 Å². The number of carbonyl (C=O) groups excluding carboxylic acids is 2. The number of hydrogen-bond acceptors (Lipinski definition) is 2. The lowest BCUT2D eigenvalue weighted by Gasteiger charge is -2.30. The highest BCUT2D eigenvalue weighted by atomic mass is 16.2. The molecule has 1 aliphatic rings. The normalized spacial score (nSPS) is 18.4. The van der Waals surface area contributed by atoms with Crippen LogP contribution in [0.3, 0.4) is 0 Å². The van der Waals surface area contributed by atoms with Crippen LogP contribution in [0.15, 0.2) is 0 Å². The monoisotopic (exact) mass is 212 g/mol. The first-order valence-corrected chi connectivity index (χ1v) is 5.71.